The Kier molecular flexibility index (Phi) is 7.12. The first-order valence-corrected chi connectivity index (χ1v) is 5.22. The van der Waals surface area contributed by atoms with E-state index in [0.29, 0.717) is 0 Å². The molecule has 0 aliphatic carbocycles. The molecule has 0 aromatic heterocycles. The Bertz CT molecular complexity index is 343. The van der Waals surface area contributed by atoms with E-state index in [1.165, 1.54) is 0 Å². The summed E-state index contributed by atoms with van der Waals surface area (Å²) in [4.78, 5) is 44.6. The topological polar surface area (TPSA) is 112 Å². The smallest absolute Gasteiger partial charge is 1.00 e. The predicted molar refractivity (Wildman–Crippen MR) is 55.1 cm³/mol. The summed E-state index contributed by atoms with van der Waals surface area (Å²) in [5.74, 6) is -4.86. The summed E-state index contributed by atoms with van der Waals surface area (Å²) in [6, 6.07) is 0. The zero-order chi connectivity index (χ0) is 13.0. The number of carboxylic acid groups (broad SMARTS) is 2. The number of nitrogens with zero attached hydrogens (tertiary/aromatic N) is 1. The summed E-state index contributed by atoms with van der Waals surface area (Å²) in [7, 11) is 0. The minimum Gasteiger partial charge on any atom is -1.00 e. The van der Waals surface area contributed by atoms with Gasteiger partial charge in [0, 0.05) is 19.4 Å². The van der Waals surface area contributed by atoms with Gasteiger partial charge in [0.2, 0.25) is 11.8 Å². The third-order valence-electron chi connectivity index (χ3n) is 2.63. The first kappa shape index (κ1) is 17.1. The van der Waals surface area contributed by atoms with E-state index in [0.717, 1.165) is 4.90 Å². The molecule has 0 radical (unpaired) electrons. The van der Waals surface area contributed by atoms with E-state index < -0.39 is 17.9 Å². The molecule has 1 saturated heterocycles. The van der Waals surface area contributed by atoms with Gasteiger partial charge >= 0.3 is 41.5 Å². The Hall–Kier alpha value is -0.920. The van der Waals surface area contributed by atoms with Gasteiger partial charge in [0.25, 0.3) is 0 Å². The zero-order valence-electron chi connectivity index (χ0n) is 11.1. The van der Waals surface area contributed by atoms with Crippen molar-refractivity contribution in [2.45, 2.75) is 25.7 Å². The van der Waals surface area contributed by atoms with Crippen LogP contribution in [0, 0.1) is 5.92 Å². The Morgan fingerprint density at radius 3 is 2.00 bits per heavy atom. The van der Waals surface area contributed by atoms with Gasteiger partial charge in [0.05, 0.1) is 0 Å². The van der Waals surface area contributed by atoms with Crippen LogP contribution in [0.25, 0.3) is 0 Å². The van der Waals surface area contributed by atoms with Crippen LogP contribution in [0.4, 0.5) is 0 Å². The molecule has 0 aromatic carbocycles. The molecule has 2 N–H and O–H groups in total. The van der Waals surface area contributed by atoms with Gasteiger partial charge in [-0.05, 0) is 12.8 Å². The molecule has 1 aliphatic heterocycles. The second-order valence-corrected chi connectivity index (χ2v) is 3.81. The fourth-order valence-corrected chi connectivity index (χ4v) is 1.68. The first-order valence-electron chi connectivity index (χ1n) is 5.22. The van der Waals surface area contributed by atoms with E-state index in [9.17, 15) is 19.2 Å². The maximum atomic E-state index is 11.2. The molecule has 1 fully saturated rings. The first-order chi connectivity index (χ1) is 7.93. The third-order valence-corrected chi connectivity index (χ3v) is 2.63. The van der Waals surface area contributed by atoms with Crippen molar-refractivity contribution in [1.29, 1.82) is 0 Å². The SMILES string of the molecule is O=C(O)C(CCCN1C(=O)CCC1=O)C(=O)O.[H-].[Na+]. The van der Waals surface area contributed by atoms with Crippen molar-refractivity contribution in [3.05, 3.63) is 0 Å². The predicted octanol–water partition coefficient (Wildman–Crippen LogP) is -3.18. The van der Waals surface area contributed by atoms with Gasteiger partial charge in [-0.15, -0.1) is 0 Å². The monoisotopic (exact) mass is 267 g/mol. The molecule has 0 atom stereocenters. The van der Waals surface area contributed by atoms with Crippen LogP contribution >= 0.6 is 0 Å². The normalized spacial score (nSPS) is 14.8. The van der Waals surface area contributed by atoms with Crippen LogP contribution in [-0.4, -0.2) is 45.4 Å². The molecule has 1 heterocycles. The molecule has 1 aliphatic rings. The molecule has 0 aromatic rings. The van der Waals surface area contributed by atoms with Crippen LogP contribution in [0.2, 0.25) is 0 Å². The Morgan fingerprint density at radius 2 is 1.61 bits per heavy atom. The Balaban J connectivity index is 0. The quantitative estimate of drug-likeness (QED) is 0.298. The maximum Gasteiger partial charge on any atom is 1.00 e. The van der Waals surface area contributed by atoms with Crippen LogP contribution in [-0.2, 0) is 19.2 Å². The van der Waals surface area contributed by atoms with Crippen LogP contribution in [0.1, 0.15) is 27.1 Å². The van der Waals surface area contributed by atoms with E-state index in [2.05, 4.69) is 0 Å². The van der Waals surface area contributed by atoms with Gasteiger partial charge in [0.1, 0.15) is 0 Å². The molecule has 0 unspecified atom stereocenters. The summed E-state index contributed by atoms with van der Waals surface area (Å²) in [5.41, 5.74) is 0. The number of amides is 2. The van der Waals surface area contributed by atoms with Crippen molar-refractivity contribution in [3.8, 4) is 0 Å². The summed E-state index contributed by atoms with van der Waals surface area (Å²) < 4.78 is 0. The average molecular weight is 267 g/mol. The number of carboxylic acids is 2. The molecular formula is C10H14NNaO6. The molecule has 18 heavy (non-hydrogen) atoms. The summed E-state index contributed by atoms with van der Waals surface area (Å²) in [6.45, 7) is 0.0920. The fraction of sp³-hybridized carbons (Fsp3) is 0.600. The zero-order valence-corrected chi connectivity index (χ0v) is 12.1. The number of carbonyl (C=O) groups is 4. The van der Waals surface area contributed by atoms with E-state index >= 15 is 0 Å². The van der Waals surface area contributed by atoms with Crippen LogP contribution in [0.3, 0.4) is 0 Å². The van der Waals surface area contributed by atoms with Gasteiger partial charge in [-0.25, -0.2) is 0 Å². The second-order valence-electron chi connectivity index (χ2n) is 3.81. The van der Waals surface area contributed by atoms with E-state index in [4.69, 9.17) is 10.2 Å². The molecule has 96 valence electrons. The van der Waals surface area contributed by atoms with Crippen molar-refractivity contribution in [3.63, 3.8) is 0 Å². The minimum atomic E-state index is -1.48. The average Bonchev–Trinajstić information content (AvgIpc) is 2.53. The Morgan fingerprint density at radius 1 is 1.17 bits per heavy atom. The molecule has 8 heteroatoms. The summed E-state index contributed by atoms with van der Waals surface area (Å²) in [6.07, 6.45) is 0.447. The van der Waals surface area contributed by atoms with Gasteiger partial charge in [-0.3, -0.25) is 24.1 Å². The molecule has 0 bridgehead atoms. The Labute approximate surface area is 127 Å². The van der Waals surface area contributed by atoms with Crippen molar-refractivity contribution in [2.75, 3.05) is 6.54 Å². The van der Waals surface area contributed by atoms with Crippen LogP contribution in [0.5, 0.6) is 0 Å². The molecule has 2 amide bonds. The maximum absolute atomic E-state index is 11.2. The number of hydrogen-bond acceptors (Lipinski definition) is 4. The molecular weight excluding hydrogens is 253 g/mol. The summed E-state index contributed by atoms with van der Waals surface area (Å²) >= 11 is 0. The number of likely N-dealkylation sites (tertiary alicyclic amines) is 1. The molecule has 1 rings (SSSR count). The molecule has 0 spiro atoms. The largest absolute Gasteiger partial charge is 1.00 e. The van der Waals surface area contributed by atoms with Gasteiger partial charge in [-0.1, -0.05) is 0 Å². The van der Waals surface area contributed by atoms with Crippen LogP contribution < -0.4 is 29.6 Å². The standard InChI is InChI=1S/C10H13NO6.Na.H/c12-7-3-4-8(13)11(7)5-1-2-6(9(14)15)10(16)17;;/h6H,1-5H2,(H,14,15)(H,16,17);;/q;+1;-1. The van der Waals surface area contributed by atoms with Crippen molar-refractivity contribution in [1.82, 2.24) is 4.90 Å². The van der Waals surface area contributed by atoms with E-state index in [-0.39, 0.29) is 75.0 Å². The molecule has 7 nitrogen and oxygen atoms in total. The van der Waals surface area contributed by atoms with E-state index in [1.54, 1.807) is 0 Å². The van der Waals surface area contributed by atoms with Crippen LogP contribution in [0.15, 0.2) is 0 Å². The number of aliphatic carboxylic acids is 2. The number of imide groups is 1. The fourth-order valence-electron chi connectivity index (χ4n) is 1.68. The third kappa shape index (κ3) is 4.40. The second kappa shape index (κ2) is 7.50. The minimum absolute atomic E-state index is 0. The van der Waals surface area contributed by atoms with Crippen molar-refractivity contribution >= 4 is 23.8 Å². The van der Waals surface area contributed by atoms with Gasteiger partial charge in [-0.2, -0.15) is 0 Å². The van der Waals surface area contributed by atoms with Gasteiger partial charge in [0.15, 0.2) is 5.92 Å². The number of rotatable bonds is 6. The van der Waals surface area contributed by atoms with Crippen molar-refractivity contribution < 1.29 is 60.4 Å². The van der Waals surface area contributed by atoms with Gasteiger partial charge < -0.3 is 11.6 Å². The summed E-state index contributed by atoms with van der Waals surface area (Å²) in [5, 5.41) is 17.2. The van der Waals surface area contributed by atoms with E-state index in [1.807, 2.05) is 0 Å². The van der Waals surface area contributed by atoms with Crippen molar-refractivity contribution in [2.24, 2.45) is 5.92 Å². The number of hydrogen-bond donors (Lipinski definition) is 2. The molecule has 0 saturated carbocycles. The number of carbonyl (C=O) groups excluding carboxylic acids is 2.